The third-order valence-corrected chi connectivity index (χ3v) is 4.02. The topological polar surface area (TPSA) is 90.7 Å². The highest BCUT2D eigenvalue weighted by molar-refractivity contribution is 6.04. The molecule has 3 aromatic carbocycles. The second kappa shape index (κ2) is 8.68. The molecule has 0 spiro atoms. The van der Waals surface area contributed by atoms with Gasteiger partial charge in [-0.25, -0.2) is 0 Å². The number of hydrogen-bond donors (Lipinski definition) is 1. The predicted octanol–water partition coefficient (Wildman–Crippen LogP) is 4.43. The van der Waals surface area contributed by atoms with Crippen LogP contribution in [0, 0.1) is 10.1 Å². The van der Waals surface area contributed by atoms with E-state index in [2.05, 4.69) is 5.32 Å². The Labute approximate surface area is 161 Å². The lowest BCUT2D eigenvalue weighted by atomic mass is 10.1. The summed E-state index contributed by atoms with van der Waals surface area (Å²) in [5.74, 6) is 0.998. The monoisotopic (exact) mass is 378 g/mol. The third-order valence-electron chi connectivity index (χ3n) is 4.02. The zero-order valence-corrected chi connectivity index (χ0v) is 15.1. The first-order valence-corrected chi connectivity index (χ1v) is 8.47. The number of nitrogens with one attached hydrogen (secondary N) is 1. The summed E-state index contributed by atoms with van der Waals surface area (Å²) in [5.41, 5.74) is 1.83. The van der Waals surface area contributed by atoms with Gasteiger partial charge in [0, 0.05) is 23.4 Å². The van der Waals surface area contributed by atoms with Gasteiger partial charge in [0.15, 0.2) is 11.5 Å². The van der Waals surface area contributed by atoms with E-state index in [1.165, 1.54) is 24.3 Å². The number of nitrogens with zero attached hydrogens (tertiary/aromatic N) is 1. The lowest BCUT2D eigenvalue weighted by Gasteiger charge is -2.10. The van der Waals surface area contributed by atoms with Crippen molar-refractivity contribution in [2.24, 2.45) is 0 Å². The molecule has 1 amide bonds. The smallest absolute Gasteiger partial charge is 0.269 e. The molecular formula is C21H18N2O5. The minimum atomic E-state index is -0.489. The number of hydrogen-bond acceptors (Lipinski definition) is 5. The van der Waals surface area contributed by atoms with Crippen LogP contribution in [-0.4, -0.2) is 17.9 Å². The second-order valence-corrected chi connectivity index (χ2v) is 5.89. The first kappa shape index (κ1) is 18.9. The molecule has 0 aliphatic carbocycles. The van der Waals surface area contributed by atoms with E-state index < -0.39 is 4.92 Å². The molecular weight excluding hydrogens is 360 g/mol. The highest BCUT2D eigenvalue weighted by Crippen LogP contribution is 2.26. The number of carbonyl (C=O) groups excluding carboxylic acids is 1. The minimum Gasteiger partial charge on any atom is -0.493 e. The standard InChI is InChI=1S/C21H18N2O5/c1-27-19-4-2-3-5-20(19)28-14-15-6-8-16(9-7-15)21(24)22-17-10-12-18(13-11-17)23(25)26/h2-13H,14H2,1H3,(H,22,24). The number of non-ortho nitro benzene ring substituents is 1. The lowest BCUT2D eigenvalue weighted by Crippen LogP contribution is -2.12. The third kappa shape index (κ3) is 4.64. The van der Waals surface area contributed by atoms with Crippen molar-refractivity contribution in [1.82, 2.24) is 0 Å². The summed E-state index contributed by atoms with van der Waals surface area (Å²) in [7, 11) is 1.58. The molecule has 28 heavy (non-hydrogen) atoms. The summed E-state index contributed by atoms with van der Waals surface area (Å²) in [6, 6.07) is 20.0. The molecule has 7 heteroatoms. The molecule has 3 rings (SSSR count). The number of anilines is 1. The molecule has 0 saturated carbocycles. The van der Waals surface area contributed by atoms with Crippen LogP contribution in [0.1, 0.15) is 15.9 Å². The van der Waals surface area contributed by atoms with Crippen molar-refractivity contribution in [3.63, 3.8) is 0 Å². The van der Waals surface area contributed by atoms with Crippen molar-refractivity contribution in [2.45, 2.75) is 6.61 Å². The number of nitro benzene ring substituents is 1. The molecule has 0 bridgehead atoms. The summed E-state index contributed by atoms with van der Waals surface area (Å²) >= 11 is 0. The SMILES string of the molecule is COc1ccccc1OCc1ccc(C(=O)Nc2ccc([N+](=O)[O-])cc2)cc1. The van der Waals surface area contributed by atoms with Crippen LogP contribution in [0.2, 0.25) is 0 Å². The van der Waals surface area contributed by atoms with Crippen molar-refractivity contribution in [3.8, 4) is 11.5 Å². The number of methoxy groups -OCH3 is 1. The minimum absolute atomic E-state index is 0.0302. The normalized spacial score (nSPS) is 10.2. The molecule has 1 N–H and O–H groups in total. The number of benzene rings is 3. The number of amides is 1. The Balaban J connectivity index is 1.60. The molecule has 0 unspecified atom stereocenters. The molecule has 7 nitrogen and oxygen atoms in total. The van der Waals surface area contributed by atoms with Crippen molar-refractivity contribution in [3.05, 3.63) is 94.0 Å². The molecule has 0 aliphatic rings. The average Bonchev–Trinajstić information content (AvgIpc) is 2.73. The fraction of sp³-hybridized carbons (Fsp3) is 0.0952. The number of rotatable bonds is 7. The zero-order valence-electron chi connectivity index (χ0n) is 15.1. The van der Waals surface area contributed by atoms with Gasteiger partial charge in [0.2, 0.25) is 0 Å². The number of carbonyl (C=O) groups is 1. The van der Waals surface area contributed by atoms with Gasteiger partial charge in [-0.05, 0) is 42.0 Å². The number of para-hydroxylation sites is 2. The van der Waals surface area contributed by atoms with Gasteiger partial charge in [-0.15, -0.1) is 0 Å². The van der Waals surface area contributed by atoms with E-state index in [-0.39, 0.29) is 11.6 Å². The van der Waals surface area contributed by atoms with Gasteiger partial charge in [-0.1, -0.05) is 24.3 Å². The Bertz CT molecular complexity index is 969. The first-order chi connectivity index (χ1) is 13.6. The molecule has 0 aromatic heterocycles. The van der Waals surface area contributed by atoms with E-state index in [1.54, 1.807) is 31.4 Å². The molecule has 0 atom stereocenters. The van der Waals surface area contributed by atoms with Gasteiger partial charge in [0.1, 0.15) is 6.61 Å². The van der Waals surface area contributed by atoms with Gasteiger partial charge >= 0.3 is 0 Å². The van der Waals surface area contributed by atoms with E-state index in [0.29, 0.717) is 29.4 Å². The van der Waals surface area contributed by atoms with Crippen molar-refractivity contribution in [2.75, 3.05) is 12.4 Å². The van der Waals surface area contributed by atoms with E-state index in [9.17, 15) is 14.9 Å². The van der Waals surface area contributed by atoms with E-state index >= 15 is 0 Å². The lowest BCUT2D eigenvalue weighted by molar-refractivity contribution is -0.384. The Morgan fingerprint density at radius 1 is 0.964 bits per heavy atom. The largest absolute Gasteiger partial charge is 0.493 e. The summed E-state index contributed by atoms with van der Waals surface area (Å²) in [4.78, 5) is 22.5. The van der Waals surface area contributed by atoms with Crippen LogP contribution >= 0.6 is 0 Å². The summed E-state index contributed by atoms with van der Waals surface area (Å²) in [6.07, 6.45) is 0. The molecule has 3 aromatic rings. The Morgan fingerprint density at radius 2 is 1.61 bits per heavy atom. The second-order valence-electron chi connectivity index (χ2n) is 5.89. The maximum Gasteiger partial charge on any atom is 0.269 e. The van der Waals surface area contributed by atoms with Crippen LogP contribution in [-0.2, 0) is 6.61 Å². The zero-order chi connectivity index (χ0) is 19.9. The average molecular weight is 378 g/mol. The van der Waals surface area contributed by atoms with Gasteiger partial charge < -0.3 is 14.8 Å². The summed E-state index contributed by atoms with van der Waals surface area (Å²) in [6.45, 7) is 0.338. The molecule has 0 heterocycles. The van der Waals surface area contributed by atoms with Crippen LogP contribution in [0.4, 0.5) is 11.4 Å². The van der Waals surface area contributed by atoms with Crippen LogP contribution in [0.25, 0.3) is 0 Å². The van der Waals surface area contributed by atoms with Crippen LogP contribution in [0.5, 0.6) is 11.5 Å². The first-order valence-electron chi connectivity index (χ1n) is 8.47. The Hall–Kier alpha value is -3.87. The van der Waals surface area contributed by atoms with Crippen LogP contribution < -0.4 is 14.8 Å². The van der Waals surface area contributed by atoms with Gasteiger partial charge in [0.25, 0.3) is 11.6 Å². The highest BCUT2D eigenvalue weighted by Gasteiger charge is 2.09. The van der Waals surface area contributed by atoms with Crippen molar-refractivity contribution >= 4 is 17.3 Å². The predicted molar refractivity (Wildman–Crippen MR) is 105 cm³/mol. The fourth-order valence-electron chi connectivity index (χ4n) is 2.52. The van der Waals surface area contributed by atoms with Crippen LogP contribution in [0.15, 0.2) is 72.8 Å². The maximum atomic E-state index is 12.3. The quantitative estimate of drug-likeness (QED) is 0.485. The molecule has 0 fully saturated rings. The summed E-state index contributed by atoms with van der Waals surface area (Å²) in [5, 5.41) is 13.4. The number of nitro groups is 1. The van der Waals surface area contributed by atoms with E-state index in [0.717, 1.165) is 5.56 Å². The van der Waals surface area contributed by atoms with E-state index in [4.69, 9.17) is 9.47 Å². The fourth-order valence-corrected chi connectivity index (χ4v) is 2.52. The van der Waals surface area contributed by atoms with Crippen molar-refractivity contribution < 1.29 is 19.2 Å². The number of ether oxygens (including phenoxy) is 2. The maximum absolute atomic E-state index is 12.3. The van der Waals surface area contributed by atoms with Crippen LogP contribution in [0.3, 0.4) is 0 Å². The Kier molecular flexibility index (Phi) is 5.86. The Morgan fingerprint density at radius 3 is 2.21 bits per heavy atom. The summed E-state index contributed by atoms with van der Waals surface area (Å²) < 4.78 is 11.0. The van der Waals surface area contributed by atoms with Gasteiger partial charge in [-0.2, -0.15) is 0 Å². The van der Waals surface area contributed by atoms with Gasteiger partial charge in [-0.3, -0.25) is 14.9 Å². The van der Waals surface area contributed by atoms with E-state index in [1.807, 2.05) is 24.3 Å². The molecule has 0 saturated heterocycles. The van der Waals surface area contributed by atoms with Crippen molar-refractivity contribution in [1.29, 1.82) is 0 Å². The molecule has 0 aliphatic heterocycles. The van der Waals surface area contributed by atoms with Gasteiger partial charge in [0.05, 0.1) is 12.0 Å². The highest BCUT2D eigenvalue weighted by atomic mass is 16.6. The molecule has 142 valence electrons. The molecule has 0 radical (unpaired) electrons.